The summed E-state index contributed by atoms with van der Waals surface area (Å²) in [5, 5.41) is 19.5. The molecule has 1 aliphatic heterocycles. The van der Waals surface area contributed by atoms with Gasteiger partial charge >= 0.3 is 0 Å². The Labute approximate surface area is 204 Å². The monoisotopic (exact) mass is 535 g/mol. The first kappa shape index (κ1) is 23.7. The van der Waals surface area contributed by atoms with Crippen molar-refractivity contribution < 1.29 is 16.8 Å². The van der Waals surface area contributed by atoms with Gasteiger partial charge in [-0.3, -0.25) is 0 Å². The van der Waals surface area contributed by atoms with Crippen LogP contribution in [0.4, 0.5) is 5.13 Å². The number of H-pyrrole nitrogens is 1. The van der Waals surface area contributed by atoms with Crippen molar-refractivity contribution in [2.24, 2.45) is 5.14 Å². The summed E-state index contributed by atoms with van der Waals surface area (Å²) in [6.07, 6.45) is 0. The van der Waals surface area contributed by atoms with Gasteiger partial charge in [0, 0.05) is 25.7 Å². The lowest BCUT2D eigenvalue weighted by Crippen LogP contribution is -2.57. The Morgan fingerprint density at radius 2 is 1.89 bits per heavy atom. The molecule has 2 aromatic heterocycles. The number of likely N-dealkylation sites (tertiary alicyclic amines) is 1. The molecule has 1 saturated heterocycles. The molecule has 1 aliphatic rings. The third-order valence-corrected chi connectivity index (χ3v) is 9.85. The highest BCUT2D eigenvalue weighted by molar-refractivity contribution is 7.92. The summed E-state index contributed by atoms with van der Waals surface area (Å²) >= 11 is 1.27. The van der Waals surface area contributed by atoms with Crippen LogP contribution in [0, 0.1) is 0 Å². The Hall–Kier alpha value is -3.02. The van der Waals surface area contributed by atoms with Gasteiger partial charge in [-0.25, -0.2) is 32.1 Å². The second-order valence-electron chi connectivity index (χ2n) is 8.21. The normalized spacial score (nSPS) is 15.7. The molecule has 0 bridgehead atoms. The average molecular weight is 536 g/mol. The highest BCUT2D eigenvalue weighted by atomic mass is 32.2. The van der Waals surface area contributed by atoms with E-state index in [1.165, 1.54) is 34.8 Å². The maximum absolute atomic E-state index is 13.6. The first-order valence-corrected chi connectivity index (χ1v) is 14.0. The number of likely N-dealkylation sites (N-methyl/N-ethyl adjacent to an activating group) is 2. The van der Waals surface area contributed by atoms with E-state index in [1.807, 2.05) is 18.0 Å². The zero-order valence-electron chi connectivity index (χ0n) is 18.6. The van der Waals surface area contributed by atoms with Crippen molar-refractivity contribution in [3.63, 3.8) is 0 Å². The Kier molecular flexibility index (Phi) is 5.61. The maximum atomic E-state index is 13.6. The largest absolute Gasteiger partial charge is 0.375 e. The minimum atomic E-state index is -4.58. The van der Waals surface area contributed by atoms with Crippen molar-refractivity contribution in [2.75, 3.05) is 32.9 Å². The molecular weight excluding hydrogens is 514 g/mol. The SMILES string of the molecule is CN1CC(N(C)S(=O)(=O)c2ccc(-c3cccc4sc(N)nc34)c(-c3nnn[nH]3)c2S(N)(=O)=O)C1. The van der Waals surface area contributed by atoms with Gasteiger partial charge in [-0.15, -0.1) is 5.10 Å². The predicted molar refractivity (Wildman–Crippen MR) is 130 cm³/mol. The molecule has 5 N–H and O–H groups in total. The molecular formula is C19H21N9O4S3. The lowest BCUT2D eigenvalue weighted by Gasteiger charge is -2.41. The van der Waals surface area contributed by atoms with Crippen molar-refractivity contribution in [1.82, 2.24) is 34.8 Å². The fourth-order valence-corrected chi connectivity index (χ4v) is 7.88. The van der Waals surface area contributed by atoms with Crippen LogP contribution in [-0.2, 0) is 20.0 Å². The number of aromatic nitrogens is 5. The van der Waals surface area contributed by atoms with Gasteiger partial charge in [-0.1, -0.05) is 29.5 Å². The van der Waals surface area contributed by atoms with E-state index < -0.39 is 29.8 Å². The first-order chi connectivity index (χ1) is 16.5. The van der Waals surface area contributed by atoms with Crippen molar-refractivity contribution >= 4 is 46.7 Å². The van der Waals surface area contributed by atoms with Gasteiger partial charge in [0.25, 0.3) is 0 Å². The van der Waals surface area contributed by atoms with E-state index in [1.54, 1.807) is 12.1 Å². The van der Waals surface area contributed by atoms with E-state index in [9.17, 15) is 16.8 Å². The van der Waals surface area contributed by atoms with Gasteiger partial charge in [-0.05, 0) is 35.2 Å². The van der Waals surface area contributed by atoms with Crippen LogP contribution in [0.15, 0.2) is 40.1 Å². The third-order valence-electron chi connectivity index (χ3n) is 5.93. The van der Waals surface area contributed by atoms with Gasteiger partial charge in [0.2, 0.25) is 20.0 Å². The lowest BCUT2D eigenvalue weighted by molar-refractivity contribution is 0.119. The minimum Gasteiger partial charge on any atom is -0.375 e. The number of para-hydroxylation sites is 1. The average Bonchev–Trinajstić information content (AvgIpc) is 3.43. The van der Waals surface area contributed by atoms with Crippen LogP contribution in [0.5, 0.6) is 0 Å². The Morgan fingerprint density at radius 3 is 2.51 bits per heavy atom. The molecule has 0 radical (unpaired) electrons. The fourth-order valence-electron chi connectivity index (χ4n) is 4.20. The number of nitrogens with zero attached hydrogens (tertiary/aromatic N) is 6. The second-order valence-corrected chi connectivity index (χ2v) is 12.7. The molecule has 0 spiro atoms. The van der Waals surface area contributed by atoms with Crippen molar-refractivity contribution in [1.29, 1.82) is 0 Å². The van der Waals surface area contributed by atoms with Gasteiger partial charge in [-0.2, -0.15) is 4.31 Å². The van der Waals surface area contributed by atoms with Crippen LogP contribution >= 0.6 is 11.3 Å². The highest BCUT2D eigenvalue weighted by Gasteiger charge is 2.39. The molecule has 35 heavy (non-hydrogen) atoms. The summed E-state index contributed by atoms with van der Waals surface area (Å²) in [7, 11) is -5.56. The Morgan fingerprint density at radius 1 is 1.14 bits per heavy atom. The molecule has 13 nitrogen and oxygen atoms in total. The van der Waals surface area contributed by atoms with Crippen LogP contribution < -0.4 is 10.9 Å². The smallest absolute Gasteiger partial charge is 0.244 e. The quantitative estimate of drug-likeness (QED) is 0.309. The molecule has 16 heteroatoms. The molecule has 184 valence electrons. The van der Waals surface area contributed by atoms with E-state index in [0.717, 1.165) is 4.70 Å². The van der Waals surface area contributed by atoms with Crippen molar-refractivity contribution in [3.05, 3.63) is 30.3 Å². The van der Waals surface area contributed by atoms with Crippen LogP contribution in [-0.4, -0.2) is 84.9 Å². The van der Waals surface area contributed by atoms with Crippen molar-refractivity contribution in [3.8, 4) is 22.5 Å². The standard InChI is InChI=1S/C19H21N9O4S3/c1-27-8-10(9-27)28(2)35(31,32)14-7-6-11(12-4-3-5-13-16(12)22-19(20)33-13)15(17(14)34(21,29)30)18-23-25-26-24-18/h3-7,10H,8-9H2,1-2H3,(H2,20,22)(H2,21,29,30)(H,23,24,25,26). The van der Waals surface area contributed by atoms with Gasteiger partial charge < -0.3 is 10.6 Å². The Bertz CT molecular complexity index is 1640. The van der Waals surface area contributed by atoms with Crippen LogP contribution in [0.2, 0.25) is 0 Å². The molecule has 1 fully saturated rings. The number of nitrogens with one attached hydrogen (secondary N) is 1. The van der Waals surface area contributed by atoms with Crippen LogP contribution in [0.3, 0.4) is 0 Å². The molecule has 5 rings (SSSR count). The van der Waals surface area contributed by atoms with Crippen LogP contribution in [0.25, 0.3) is 32.7 Å². The second kappa shape index (κ2) is 8.28. The lowest BCUT2D eigenvalue weighted by atomic mass is 9.98. The summed E-state index contributed by atoms with van der Waals surface area (Å²) in [4.78, 5) is 5.26. The van der Waals surface area contributed by atoms with Gasteiger partial charge in [0.15, 0.2) is 11.0 Å². The number of benzene rings is 2. The maximum Gasteiger partial charge on any atom is 0.244 e. The number of hydrogen-bond acceptors (Lipinski definition) is 11. The van der Waals surface area contributed by atoms with Gasteiger partial charge in [0.05, 0.1) is 21.8 Å². The fraction of sp³-hybridized carbons (Fsp3) is 0.263. The number of primary sulfonamides is 1. The number of nitrogens with two attached hydrogens (primary N) is 2. The molecule has 4 aromatic rings. The van der Waals surface area contributed by atoms with E-state index in [2.05, 4.69) is 25.6 Å². The summed E-state index contributed by atoms with van der Waals surface area (Å²) in [6, 6.07) is 7.75. The first-order valence-electron chi connectivity index (χ1n) is 10.2. The molecule has 0 atom stereocenters. The minimum absolute atomic E-state index is 0.0627. The Balaban J connectivity index is 1.83. The van der Waals surface area contributed by atoms with E-state index in [0.29, 0.717) is 34.9 Å². The van der Waals surface area contributed by atoms with Gasteiger partial charge in [0.1, 0.15) is 9.79 Å². The number of fused-ring (bicyclic) bond motifs is 1. The zero-order valence-corrected chi connectivity index (χ0v) is 21.0. The van der Waals surface area contributed by atoms with E-state index >= 15 is 0 Å². The third kappa shape index (κ3) is 3.97. The topological polar surface area (TPSA) is 194 Å². The number of tetrazole rings is 1. The molecule has 0 amide bonds. The summed E-state index contributed by atoms with van der Waals surface area (Å²) in [5.74, 6) is -0.0627. The number of thiazole rings is 1. The number of aromatic amines is 1. The number of hydrogen-bond donors (Lipinski definition) is 3. The molecule has 0 aliphatic carbocycles. The summed E-state index contributed by atoms with van der Waals surface area (Å²) in [5.41, 5.74) is 7.20. The number of sulfonamides is 2. The number of nitrogen functional groups attached to an aromatic ring is 1. The zero-order chi connectivity index (χ0) is 25.1. The molecule has 2 aromatic carbocycles. The van der Waals surface area contributed by atoms with E-state index in [4.69, 9.17) is 10.9 Å². The molecule has 3 heterocycles. The van der Waals surface area contributed by atoms with Crippen LogP contribution in [0.1, 0.15) is 0 Å². The molecule has 0 saturated carbocycles. The summed E-state index contributed by atoms with van der Waals surface area (Å²) in [6.45, 7) is 1.04. The summed E-state index contributed by atoms with van der Waals surface area (Å²) < 4.78 is 55.1. The predicted octanol–water partition coefficient (Wildman–Crippen LogP) is 0.308. The number of anilines is 1. The van der Waals surface area contributed by atoms with Crippen molar-refractivity contribution in [2.45, 2.75) is 15.8 Å². The van der Waals surface area contributed by atoms with E-state index in [-0.39, 0.29) is 17.4 Å². The molecule has 0 unspecified atom stereocenters. The number of rotatable bonds is 6. The highest BCUT2D eigenvalue weighted by Crippen LogP contribution is 2.42.